The number of hydrogen-bond donors (Lipinski definition) is 0. The summed E-state index contributed by atoms with van der Waals surface area (Å²) in [7, 11) is 1.79. The number of rotatable bonds is 5. The van der Waals surface area contributed by atoms with Crippen LogP contribution in [0, 0.1) is 5.92 Å². The summed E-state index contributed by atoms with van der Waals surface area (Å²) in [4.78, 5) is 2.53. The summed E-state index contributed by atoms with van der Waals surface area (Å²) >= 11 is 5.86. The van der Waals surface area contributed by atoms with Gasteiger partial charge in [0.15, 0.2) is 0 Å². The van der Waals surface area contributed by atoms with Crippen molar-refractivity contribution in [3.63, 3.8) is 0 Å². The van der Waals surface area contributed by atoms with E-state index in [1.165, 1.54) is 25.9 Å². The van der Waals surface area contributed by atoms with Crippen molar-refractivity contribution in [2.75, 3.05) is 32.6 Å². The van der Waals surface area contributed by atoms with Gasteiger partial charge in [0.2, 0.25) is 0 Å². The zero-order chi connectivity index (χ0) is 11.3. The summed E-state index contributed by atoms with van der Waals surface area (Å²) in [6.45, 7) is 7.86. The first-order valence-electron chi connectivity index (χ1n) is 5.91. The van der Waals surface area contributed by atoms with Crippen LogP contribution in [0.15, 0.2) is 0 Å². The van der Waals surface area contributed by atoms with E-state index in [2.05, 4.69) is 18.7 Å². The third kappa shape index (κ3) is 4.71. The van der Waals surface area contributed by atoms with E-state index >= 15 is 0 Å². The second-order valence-corrected chi connectivity index (χ2v) is 5.46. The molecule has 0 aliphatic carbocycles. The van der Waals surface area contributed by atoms with Crippen molar-refractivity contribution < 1.29 is 4.74 Å². The summed E-state index contributed by atoms with van der Waals surface area (Å²) in [5, 5.41) is 0. The van der Waals surface area contributed by atoms with Gasteiger partial charge in [-0.3, -0.25) is 0 Å². The van der Waals surface area contributed by atoms with Crippen molar-refractivity contribution in [1.82, 2.24) is 4.90 Å². The van der Waals surface area contributed by atoms with E-state index in [0.29, 0.717) is 0 Å². The molecular formula is C12H24ClNO. The highest BCUT2D eigenvalue weighted by Crippen LogP contribution is 2.20. The molecule has 90 valence electrons. The Balaban J connectivity index is 2.19. The molecule has 1 rings (SSSR count). The molecule has 0 N–H and O–H groups in total. The summed E-state index contributed by atoms with van der Waals surface area (Å²) in [6, 6.07) is 0. The topological polar surface area (TPSA) is 12.5 Å². The van der Waals surface area contributed by atoms with Crippen LogP contribution in [0.25, 0.3) is 0 Å². The van der Waals surface area contributed by atoms with Gasteiger partial charge in [-0.25, -0.2) is 0 Å². The number of alkyl halides is 1. The molecule has 1 aliphatic heterocycles. The monoisotopic (exact) mass is 233 g/mol. The molecular weight excluding hydrogens is 210 g/mol. The molecule has 0 aromatic heterocycles. The predicted octanol–water partition coefficient (Wildman–Crippen LogP) is 2.75. The average Bonchev–Trinajstić information content (AvgIpc) is 2.27. The number of ether oxygens (including phenoxy) is 1. The summed E-state index contributed by atoms with van der Waals surface area (Å²) < 4.78 is 5.42. The van der Waals surface area contributed by atoms with Gasteiger partial charge in [-0.2, -0.15) is 0 Å². The molecule has 0 saturated carbocycles. The standard InChI is InChI=1S/C12H24ClNO/c1-12(2,15-3)6-9-14-7-4-11(10-13)5-8-14/h11H,4-10H2,1-3H3. The predicted molar refractivity (Wildman–Crippen MR) is 65.6 cm³/mol. The number of nitrogens with zero attached hydrogens (tertiary/aromatic N) is 1. The lowest BCUT2D eigenvalue weighted by Crippen LogP contribution is -2.38. The summed E-state index contributed by atoms with van der Waals surface area (Å²) in [5.41, 5.74) is 0.0172. The Labute approximate surface area is 98.9 Å². The van der Waals surface area contributed by atoms with Crippen LogP contribution in [-0.4, -0.2) is 43.1 Å². The Hall–Kier alpha value is 0.210. The van der Waals surface area contributed by atoms with Gasteiger partial charge in [0.1, 0.15) is 0 Å². The van der Waals surface area contributed by atoms with E-state index in [-0.39, 0.29) is 5.60 Å². The minimum absolute atomic E-state index is 0.0172. The van der Waals surface area contributed by atoms with Gasteiger partial charge in [-0.05, 0) is 52.1 Å². The minimum Gasteiger partial charge on any atom is -0.379 e. The maximum absolute atomic E-state index is 5.86. The number of piperidine rings is 1. The molecule has 0 bridgehead atoms. The van der Waals surface area contributed by atoms with Crippen LogP contribution >= 0.6 is 11.6 Å². The Morgan fingerprint density at radius 1 is 1.33 bits per heavy atom. The van der Waals surface area contributed by atoms with Crippen molar-refractivity contribution >= 4 is 11.6 Å². The van der Waals surface area contributed by atoms with Gasteiger partial charge in [0, 0.05) is 19.5 Å². The third-order valence-corrected chi connectivity index (χ3v) is 3.94. The van der Waals surface area contributed by atoms with Crippen LogP contribution in [0.3, 0.4) is 0 Å². The quantitative estimate of drug-likeness (QED) is 0.678. The molecule has 2 nitrogen and oxygen atoms in total. The second kappa shape index (κ2) is 6.07. The van der Waals surface area contributed by atoms with Crippen LogP contribution in [-0.2, 0) is 4.74 Å². The Morgan fingerprint density at radius 2 is 1.93 bits per heavy atom. The molecule has 0 aromatic rings. The highest BCUT2D eigenvalue weighted by atomic mass is 35.5. The van der Waals surface area contributed by atoms with Crippen molar-refractivity contribution in [3.05, 3.63) is 0 Å². The fourth-order valence-electron chi connectivity index (χ4n) is 1.89. The van der Waals surface area contributed by atoms with E-state index in [9.17, 15) is 0 Å². The van der Waals surface area contributed by atoms with Crippen LogP contribution in [0.2, 0.25) is 0 Å². The van der Waals surface area contributed by atoms with Gasteiger partial charge in [-0.1, -0.05) is 0 Å². The van der Waals surface area contributed by atoms with E-state index in [1.807, 2.05) is 0 Å². The van der Waals surface area contributed by atoms with Gasteiger partial charge < -0.3 is 9.64 Å². The van der Waals surface area contributed by atoms with E-state index in [1.54, 1.807) is 7.11 Å². The van der Waals surface area contributed by atoms with E-state index < -0.39 is 0 Å². The molecule has 0 amide bonds. The van der Waals surface area contributed by atoms with Gasteiger partial charge >= 0.3 is 0 Å². The molecule has 1 aliphatic rings. The highest BCUT2D eigenvalue weighted by Gasteiger charge is 2.21. The van der Waals surface area contributed by atoms with Crippen LogP contribution < -0.4 is 0 Å². The lowest BCUT2D eigenvalue weighted by Gasteiger charge is -2.33. The minimum atomic E-state index is 0.0172. The lowest BCUT2D eigenvalue weighted by molar-refractivity contribution is 0.00516. The first-order valence-corrected chi connectivity index (χ1v) is 6.44. The number of methoxy groups -OCH3 is 1. The van der Waals surface area contributed by atoms with Crippen molar-refractivity contribution in [2.24, 2.45) is 5.92 Å². The fourth-order valence-corrected chi connectivity index (χ4v) is 2.20. The van der Waals surface area contributed by atoms with Crippen molar-refractivity contribution in [1.29, 1.82) is 0 Å². The molecule has 1 heterocycles. The maximum atomic E-state index is 5.86. The second-order valence-electron chi connectivity index (χ2n) is 5.15. The zero-order valence-electron chi connectivity index (χ0n) is 10.3. The molecule has 0 spiro atoms. The largest absolute Gasteiger partial charge is 0.379 e. The fraction of sp³-hybridized carbons (Fsp3) is 1.00. The maximum Gasteiger partial charge on any atom is 0.0634 e. The molecule has 0 radical (unpaired) electrons. The smallest absolute Gasteiger partial charge is 0.0634 e. The third-order valence-electron chi connectivity index (χ3n) is 3.51. The molecule has 0 unspecified atom stereocenters. The molecule has 15 heavy (non-hydrogen) atoms. The summed E-state index contributed by atoms with van der Waals surface area (Å²) in [5.74, 6) is 1.58. The Bertz CT molecular complexity index is 176. The molecule has 1 fully saturated rings. The van der Waals surface area contributed by atoms with Crippen molar-refractivity contribution in [2.45, 2.75) is 38.7 Å². The molecule has 1 saturated heterocycles. The van der Waals surface area contributed by atoms with Gasteiger partial charge in [-0.15, -0.1) is 11.6 Å². The first kappa shape index (κ1) is 13.3. The van der Waals surface area contributed by atoms with Crippen LogP contribution in [0.1, 0.15) is 33.1 Å². The summed E-state index contributed by atoms with van der Waals surface area (Å²) in [6.07, 6.45) is 3.63. The normalized spacial score (nSPS) is 20.8. The number of hydrogen-bond acceptors (Lipinski definition) is 2. The SMILES string of the molecule is COC(C)(C)CCN1CCC(CCl)CC1. The Kier molecular flexibility index (Phi) is 5.37. The molecule has 3 heteroatoms. The highest BCUT2D eigenvalue weighted by molar-refractivity contribution is 6.18. The van der Waals surface area contributed by atoms with Crippen LogP contribution in [0.4, 0.5) is 0 Å². The van der Waals surface area contributed by atoms with Crippen molar-refractivity contribution in [3.8, 4) is 0 Å². The lowest BCUT2D eigenvalue weighted by atomic mass is 9.97. The van der Waals surface area contributed by atoms with Gasteiger partial charge in [0.25, 0.3) is 0 Å². The van der Waals surface area contributed by atoms with Crippen LogP contribution in [0.5, 0.6) is 0 Å². The zero-order valence-corrected chi connectivity index (χ0v) is 11.0. The molecule has 0 aromatic carbocycles. The van der Waals surface area contributed by atoms with E-state index in [4.69, 9.17) is 16.3 Å². The van der Waals surface area contributed by atoms with E-state index in [0.717, 1.165) is 24.8 Å². The molecule has 0 atom stereocenters. The Morgan fingerprint density at radius 3 is 2.40 bits per heavy atom. The number of likely N-dealkylation sites (tertiary alicyclic amines) is 1. The van der Waals surface area contributed by atoms with Gasteiger partial charge in [0.05, 0.1) is 5.60 Å². The average molecular weight is 234 g/mol. The first-order chi connectivity index (χ1) is 7.07. The number of halogens is 1.